The number of ether oxygens (including phenoxy) is 1. The van der Waals surface area contributed by atoms with E-state index in [1.165, 1.54) is 31.0 Å². The second kappa shape index (κ2) is 8.21. The molecule has 0 spiro atoms. The molecular formula is C13H23N3OS. The largest absolute Gasteiger partial charge is 0.475 e. The Labute approximate surface area is 114 Å². The molecule has 0 aromatic carbocycles. The first-order valence-electron chi connectivity index (χ1n) is 6.43. The summed E-state index contributed by atoms with van der Waals surface area (Å²) in [5.74, 6) is 0.642. The summed E-state index contributed by atoms with van der Waals surface area (Å²) in [6, 6.07) is 0. The molecule has 0 aliphatic rings. The van der Waals surface area contributed by atoms with Gasteiger partial charge in [-0.05, 0) is 26.1 Å². The number of nitrogens with zero attached hydrogens (tertiary/aromatic N) is 3. The van der Waals surface area contributed by atoms with E-state index in [0.29, 0.717) is 12.5 Å². The average Bonchev–Trinajstić information content (AvgIpc) is 2.76. The van der Waals surface area contributed by atoms with Gasteiger partial charge in [0.2, 0.25) is 0 Å². The molecule has 0 aliphatic heterocycles. The van der Waals surface area contributed by atoms with E-state index in [0.717, 1.165) is 24.2 Å². The molecule has 1 aromatic heterocycles. The van der Waals surface area contributed by atoms with Crippen LogP contribution in [-0.2, 0) is 0 Å². The highest BCUT2D eigenvalue weighted by atomic mass is 32.1. The van der Waals surface area contributed by atoms with Crippen LogP contribution in [0.4, 0.5) is 0 Å². The summed E-state index contributed by atoms with van der Waals surface area (Å²) in [5.41, 5.74) is 1.77. The Kier molecular flexibility index (Phi) is 6.90. The Hall–Kier alpha value is -0.940. The third-order valence-electron chi connectivity index (χ3n) is 2.54. The highest BCUT2D eigenvalue weighted by Crippen LogP contribution is 2.23. The second-order valence-corrected chi connectivity index (χ2v) is 5.20. The first-order valence-corrected chi connectivity index (χ1v) is 7.16. The fraction of sp³-hybridized carbons (Fsp3) is 0.692. The van der Waals surface area contributed by atoms with Crippen molar-refractivity contribution in [2.45, 2.75) is 32.6 Å². The Balaban J connectivity index is 2.42. The monoisotopic (exact) mass is 269 g/mol. The minimum absolute atomic E-state index is 0.642. The third-order valence-corrected chi connectivity index (χ3v) is 3.05. The van der Waals surface area contributed by atoms with Crippen LogP contribution in [0.25, 0.3) is 5.57 Å². The van der Waals surface area contributed by atoms with Crippen molar-refractivity contribution in [3.8, 4) is 5.88 Å². The van der Waals surface area contributed by atoms with Crippen molar-refractivity contribution in [2.24, 2.45) is 0 Å². The van der Waals surface area contributed by atoms with Gasteiger partial charge in [0, 0.05) is 6.54 Å². The van der Waals surface area contributed by atoms with Gasteiger partial charge in [-0.15, -0.1) is 4.37 Å². The standard InChI is InChI=1S/C13H23N3OS/c1-5-6-7-8-9-17-13-12(14-18-15-13)11(2)10-16(3)4/h2,5-10H2,1,3-4H3. The molecule has 0 N–H and O–H groups in total. The molecular weight excluding hydrogens is 246 g/mol. The van der Waals surface area contributed by atoms with E-state index in [1.807, 2.05) is 14.1 Å². The van der Waals surface area contributed by atoms with Crippen LogP contribution in [0.15, 0.2) is 6.58 Å². The van der Waals surface area contributed by atoms with Gasteiger partial charge in [-0.2, -0.15) is 4.37 Å². The summed E-state index contributed by atoms with van der Waals surface area (Å²) in [6.07, 6.45) is 4.79. The Bertz CT molecular complexity index is 363. The summed E-state index contributed by atoms with van der Waals surface area (Å²) in [4.78, 5) is 2.06. The maximum absolute atomic E-state index is 5.68. The Morgan fingerprint density at radius 1 is 1.28 bits per heavy atom. The molecule has 0 unspecified atom stereocenters. The maximum Gasteiger partial charge on any atom is 0.253 e. The van der Waals surface area contributed by atoms with E-state index in [9.17, 15) is 0 Å². The molecule has 0 atom stereocenters. The Morgan fingerprint density at radius 2 is 2.06 bits per heavy atom. The van der Waals surface area contributed by atoms with Gasteiger partial charge < -0.3 is 9.64 Å². The van der Waals surface area contributed by atoms with Crippen LogP contribution in [0.3, 0.4) is 0 Å². The molecule has 4 nitrogen and oxygen atoms in total. The smallest absolute Gasteiger partial charge is 0.253 e. The van der Waals surface area contributed by atoms with Crippen molar-refractivity contribution in [3.05, 3.63) is 12.3 Å². The molecule has 18 heavy (non-hydrogen) atoms. The lowest BCUT2D eigenvalue weighted by molar-refractivity contribution is 0.295. The first kappa shape index (κ1) is 15.1. The van der Waals surface area contributed by atoms with Crippen molar-refractivity contribution in [1.29, 1.82) is 0 Å². The van der Waals surface area contributed by atoms with Crippen LogP contribution >= 0.6 is 11.7 Å². The minimum Gasteiger partial charge on any atom is -0.475 e. The first-order chi connectivity index (χ1) is 8.65. The normalized spacial score (nSPS) is 10.9. The van der Waals surface area contributed by atoms with Crippen molar-refractivity contribution >= 4 is 17.3 Å². The van der Waals surface area contributed by atoms with Crippen LogP contribution in [0.2, 0.25) is 0 Å². The molecule has 102 valence electrons. The van der Waals surface area contributed by atoms with Gasteiger partial charge in [0.15, 0.2) is 0 Å². The molecule has 1 heterocycles. The summed E-state index contributed by atoms with van der Waals surface area (Å²) in [5, 5.41) is 0. The fourth-order valence-electron chi connectivity index (χ4n) is 1.65. The predicted molar refractivity (Wildman–Crippen MR) is 77.1 cm³/mol. The zero-order valence-corrected chi connectivity index (χ0v) is 12.4. The van der Waals surface area contributed by atoms with Crippen molar-refractivity contribution in [3.63, 3.8) is 0 Å². The molecule has 0 fully saturated rings. The van der Waals surface area contributed by atoms with Gasteiger partial charge in [0.25, 0.3) is 5.88 Å². The number of hydrogen-bond donors (Lipinski definition) is 0. The summed E-state index contributed by atoms with van der Waals surface area (Å²) in [6.45, 7) is 7.73. The number of rotatable bonds is 9. The molecule has 0 bridgehead atoms. The molecule has 0 saturated heterocycles. The van der Waals surface area contributed by atoms with Gasteiger partial charge >= 0.3 is 0 Å². The summed E-state index contributed by atoms with van der Waals surface area (Å²) >= 11 is 1.19. The number of unbranched alkanes of at least 4 members (excludes halogenated alkanes) is 3. The molecule has 1 aromatic rings. The van der Waals surface area contributed by atoms with Crippen LogP contribution in [0, 0.1) is 0 Å². The van der Waals surface area contributed by atoms with E-state index >= 15 is 0 Å². The third kappa shape index (κ3) is 5.14. The second-order valence-electron chi connectivity index (χ2n) is 4.67. The topological polar surface area (TPSA) is 38.2 Å². The number of hydrogen-bond acceptors (Lipinski definition) is 5. The maximum atomic E-state index is 5.68. The van der Waals surface area contributed by atoms with Crippen molar-refractivity contribution in [1.82, 2.24) is 13.6 Å². The predicted octanol–water partition coefficient (Wildman–Crippen LogP) is 3.07. The van der Waals surface area contributed by atoms with Crippen LogP contribution in [0.5, 0.6) is 5.88 Å². The summed E-state index contributed by atoms with van der Waals surface area (Å²) in [7, 11) is 4.02. The highest BCUT2D eigenvalue weighted by molar-refractivity contribution is 6.99. The van der Waals surface area contributed by atoms with E-state index in [2.05, 4.69) is 27.1 Å². The lowest BCUT2D eigenvalue weighted by Gasteiger charge is -2.11. The number of aromatic nitrogens is 2. The molecule has 0 saturated carbocycles. The lowest BCUT2D eigenvalue weighted by atomic mass is 10.2. The molecule has 0 amide bonds. The van der Waals surface area contributed by atoms with E-state index in [-0.39, 0.29) is 0 Å². The SMILES string of the molecule is C=C(CN(C)C)c1nsnc1OCCCCCC. The van der Waals surface area contributed by atoms with Crippen molar-refractivity contribution < 1.29 is 4.74 Å². The van der Waals surface area contributed by atoms with Crippen LogP contribution < -0.4 is 4.74 Å². The lowest BCUT2D eigenvalue weighted by Crippen LogP contribution is -2.14. The van der Waals surface area contributed by atoms with Gasteiger partial charge in [-0.1, -0.05) is 32.8 Å². The molecule has 0 aliphatic carbocycles. The zero-order valence-electron chi connectivity index (χ0n) is 11.6. The van der Waals surface area contributed by atoms with Crippen molar-refractivity contribution in [2.75, 3.05) is 27.2 Å². The fourth-order valence-corrected chi connectivity index (χ4v) is 2.19. The van der Waals surface area contributed by atoms with Gasteiger partial charge in [0.05, 0.1) is 18.3 Å². The summed E-state index contributed by atoms with van der Waals surface area (Å²) < 4.78 is 14.1. The molecule has 0 radical (unpaired) electrons. The van der Waals surface area contributed by atoms with Gasteiger partial charge in [0.1, 0.15) is 5.69 Å². The highest BCUT2D eigenvalue weighted by Gasteiger charge is 2.13. The number of likely N-dealkylation sites (N-methyl/N-ethyl adjacent to an activating group) is 1. The van der Waals surface area contributed by atoms with Gasteiger partial charge in [-0.25, -0.2) is 0 Å². The quantitative estimate of drug-likeness (QED) is 0.646. The minimum atomic E-state index is 0.642. The van der Waals surface area contributed by atoms with E-state index in [4.69, 9.17) is 4.74 Å². The van der Waals surface area contributed by atoms with E-state index < -0.39 is 0 Å². The zero-order chi connectivity index (χ0) is 13.4. The van der Waals surface area contributed by atoms with Crippen LogP contribution in [0.1, 0.15) is 38.3 Å². The van der Waals surface area contributed by atoms with Gasteiger partial charge in [-0.3, -0.25) is 0 Å². The molecule has 1 rings (SSSR count). The van der Waals surface area contributed by atoms with E-state index in [1.54, 1.807) is 0 Å². The van der Waals surface area contributed by atoms with Crippen LogP contribution in [-0.4, -0.2) is 40.9 Å². The average molecular weight is 269 g/mol. The molecule has 5 heteroatoms. The Morgan fingerprint density at radius 3 is 2.72 bits per heavy atom.